The molecule has 0 spiro atoms. The first kappa shape index (κ1) is 10.8. The third-order valence-electron chi connectivity index (χ3n) is 2.31. The van der Waals surface area contributed by atoms with Crippen LogP contribution in [-0.2, 0) is 11.2 Å². The minimum atomic E-state index is 0.804. The van der Waals surface area contributed by atoms with E-state index >= 15 is 0 Å². The van der Waals surface area contributed by atoms with Gasteiger partial charge in [0.15, 0.2) is 0 Å². The zero-order chi connectivity index (χ0) is 10.2. The lowest BCUT2D eigenvalue weighted by molar-refractivity contribution is -0.118. The first-order chi connectivity index (χ1) is 6.86. The summed E-state index contributed by atoms with van der Waals surface area (Å²) in [6.07, 6.45) is 3.01. The Labute approximate surface area is 85.5 Å². The SMILES string of the molecule is CCN(C=O)CCCc1ccccc1. The summed E-state index contributed by atoms with van der Waals surface area (Å²) in [5, 5.41) is 0. The summed E-state index contributed by atoms with van der Waals surface area (Å²) in [4.78, 5) is 12.3. The number of carbonyl (C=O) groups is 1. The van der Waals surface area contributed by atoms with Crippen LogP contribution in [0.4, 0.5) is 0 Å². The zero-order valence-electron chi connectivity index (χ0n) is 8.65. The summed E-state index contributed by atoms with van der Waals surface area (Å²) in [6, 6.07) is 10.4. The molecule has 0 saturated carbocycles. The lowest BCUT2D eigenvalue weighted by atomic mass is 10.1. The lowest BCUT2D eigenvalue weighted by Gasteiger charge is -2.13. The van der Waals surface area contributed by atoms with Crippen molar-refractivity contribution in [2.24, 2.45) is 0 Å². The molecule has 1 aromatic rings. The summed E-state index contributed by atoms with van der Waals surface area (Å²) in [5.74, 6) is 0. The molecule has 76 valence electrons. The summed E-state index contributed by atoms with van der Waals surface area (Å²) in [5.41, 5.74) is 1.34. The zero-order valence-corrected chi connectivity index (χ0v) is 8.65. The second-order valence-corrected chi connectivity index (χ2v) is 3.32. The Morgan fingerprint density at radius 3 is 2.57 bits per heavy atom. The highest BCUT2D eigenvalue weighted by Crippen LogP contribution is 2.02. The molecule has 0 fully saturated rings. The van der Waals surface area contributed by atoms with Gasteiger partial charge in [0, 0.05) is 13.1 Å². The van der Waals surface area contributed by atoms with E-state index in [9.17, 15) is 4.79 Å². The molecule has 0 N–H and O–H groups in total. The third-order valence-corrected chi connectivity index (χ3v) is 2.31. The van der Waals surface area contributed by atoms with Crippen molar-refractivity contribution in [1.29, 1.82) is 0 Å². The van der Waals surface area contributed by atoms with E-state index < -0.39 is 0 Å². The molecule has 0 unspecified atom stereocenters. The molecule has 0 bridgehead atoms. The predicted octanol–water partition coefficient (Wildman–Crippen LogP) is 2.10. The van der Waals surface area contributed by atoms with Crippen LogP contribution in [0.2, 0.25) is 0 Å². The smallest absolute Gasteiger partial charge is 0.209 e. The average molecular weight is 191 g/mol. The van der Waals surface area contributed by atoms with E-state index in [1.54, 1.807) is 4.90 Å². The Morgan fingerprint density at radius 1 is 1.29 bits per heavy atom. The largest absolute Gasteiger partial charge is 0.346 e. The highest BCUT2D eigenvalue weighted by Gasteiger charge is 1.97. The van der Waals surface area contributed by atoms with Gasteiger partial charge in [-0.05, 0) is 25.3 Å². The van der Waals surface area contributed by atoms with Gasteiger partial charge in [-0.1, -0.05) is 30.3 Å². The van der Waals surface area contributed by atoms with Crippen LogP contribution in [0.1, 0.15) is 18.9 Å². The van der Waals surface area contributed by atoms with Gasteiger partial charge in [-0.25, -0.2) is 0 Å². The van der Waals surface area contributed by atoms with Crippen LogP contribution < -0.4 is 0 Å². The van der Waals surface area contributed by atoms with E-state index in [0.717, 1.165) is 32.3 Å². The molecule has 1 amide bonds. The van der Waals surface area contributed by atoms with Gasteiger partial charge in [0.25, 0.3) is 0 Å². The Balaban J connectivity index is 2.25. The normalized spacial score (nSPS) is 9.79. The van der Waals surface area contributed by atoms with Gasteiger partial charge in [0.1, 0.15) is 0 Å². The fraction of sp³-hybridized carbons (Fsp3) is 0.417. The number of carbonyl (C=O) groups excluding carboxylic acids is 1. The monoisotopic (exact) mass is 191 g/mol. The quantitative estimate of drug-likeness (QED) is 0.630. The Kier molecular flexibility index (Phi) is 4.76. The fourth-order valence-electron chi connectivity index (χ4n) is 1.42. The molecule has 0 aliphatic rings. The average Bonchev–Trinajstić information content (AvgIpc) is 2.26. The molecule has 0 heterocycles. The molecule has 1 rings (SSSR count). The van der Waals surface area contributed by atoms with Crippen molar-refractivity contribution in [1.82, 2.24) is 4.90 Å². The summed E-state index contributed by atoms with van der Waals surface area (Å²) in [6.45, 7) is 3.66. The summed E-state index contributed by atoms with van der Waals surface area (Å²) >= 11 is 0. The number of nitrogens with zero attached hydrogens (tertiary/aromatic N) is 1. The second kappa shape index (κ2) is 6.19. The maximum Gasteiger partial charge on any atom is 0.209 e. The highest BCUT2D eigenvalue weighted by molar-refractivity contribution is 5.46. The van der Waals surface area contributed by atoms with E-state index in [1.165, 1.54) is 5.56 Å². The second-order valence-electron chi connectivity index (χ2n) is 3.32. The molecule has 0 aliphatic carbocycles. The van der Waals surface area contributed by atoms with Crippen LogP contribution in [-0.4, -0.2) is 24.4 Å². The van der Waals surface area contributed by atoms with Crippen molar-refractivity contribution in [3.63, 3.8) is 0 Å². The number of hydrogen-bond donors (Lipinski definition) is 0. The molecule has 0 atom stereocenters. The van der Waals surface area contributed by atoms with Gasteiger partial charge in [0.05, 0.1) is 0 Å². The Bertz CT molecular complexity index is 258. The van der Waals surface area contributed by atoms with Crippen molar-refractivity contribution in [2.75, 3.05) is 13.1 Å². The third kappa shape index (κ3) is 3.60. The van der Waals surface area contributed by atoms with Gasteiger partial charge in [-0.3, -0.25) is 4.79 Å². The minimum absolute atomic E-state index is 0.804. The molecule has 0 radical (unpaired) electrons. The molecule has 2 nitrogen and oxygen atoms in total. The summed E-state index contributed by atoms with van der Waals surface area (Å²) < 4.78 is 0. The van der Waals surface area contributed by atoms with Crippen LogP contribution in [0.15, 0.2) is 30.3 Å². The van der Waals surface area contributed by atoms with Crippen LogP contribution in [0.25, 0.3) is 0 Å². The predicted molar refractivity (Wildman–Crippen MR) is 58.1 cm³/mol. The Morgan fingerprint density at radius 2 is 2.00 bits per heavy atom. The number of hydrogen-bond acceptors (Lipinski definition) is 1. The maximum absolute atomic E-state index is 10.5. The first-order valence-corrected chi connectivity index (χ1v) is 5.10. The van der Waals surface area contributed by atoms with E-state index in [0.29, 0.717) is 0 Å². The van der Waals surface area contributed by atoms with Crippen molar-refractivity contribution in [3.05, 3.63) is 35.9 Å². The topological polar surface area (TPSA) is 20.3 Å². The van der Waals surface area contributed by atoms with Gasteiger partial charge in [-0.2, -0.15) is 0 Å². The molecule has 0 aromatic heterocycles. The number of rotatable bonds is 6. The standard InChI is InChI=1S/C12H17NO/c1-2-13(11-14)10-6-9-12-7-4-3-5-8-12/h3-5,7-8,11H,2,6,9-10H2,1H3. The van der Waals surface area contributed by atoms with Crippen molar-refractivity contribution in [2.45, 2.75) is 19.8 Å². The van der Waals surface area contributed by atoms with E-state index in [4.69, 9.17) is 0 Å². The lowest BCUT2D eigenvalue weighted by Crippen LogP contribution is -2.22. The molecule has 14 heavy (non-hydrogen) atoms. The van der Waals surface area contributed by atoms with Crippen LogP contribution >= 0.6 is 0 Å². The van der Waals surface area contributed by atoms with Gasteiger partial charge >= 0.3 is 0 Å². The van der Waals surface area contributed by atoms with Gasteiger partial charge < -0.3 is 4.90 Å². The first-order valence-electron chi connectivity index (χ1n) is 5.10. The van der Waals surface area contributed by atoms with Crippen LogP contribution in [0, 0.1) is 0 Å². The van der Waals surface area contributed by atoms with E-state index in [1.807, 2.05) is 25.1 Å². The minimum Gasteiger partial charge on any atom is -0.346 e. The van der Waals surface area contributed by atoms with Crippen molar-refractivity contribution < 1.29 is 4.79 Å². The Hall–Kier alpha value is -1.31. The fourth-order valence-corrected chi connectivity index (χ4v) is 1.42. The van der Waals surface area contributed by atoms with Crippen LogP contribution in [0.5, 0.6) is 0 Å². The number of amides is 1. The molecule has 0 saturated heterocycles. The van der Waals surface area contributed by atoms with Gasteiger partial charge in [0.2, 0.25) is 6.41 Å². The van der Waals surface area contributed by atoms with Gasteiger partial charge in [-0.15, -0.1) is 0 Å². The molecule has 0 aliphatic heterocycles. The van der Waals surface area contributed by atoms with Crippen molar-refractivity contribution in [3.8, 4) is 0 Å². The van der Waals surface area contributed by atoms with Crippen LogP contribution in [0.3, 0.4) is 0 Å². The molecular formula is C12H17NO. The van der Waals surface area contributed by atoms with E-state index in [-0.39, 0.29) is 0 Å². The molecule has 2 heteroatoms. The highest BCUT2D eigenvalue weighted by atomic mass is 16.1. The molecular weight excluding hydrogens is 174 g/mol. The molecule has 1 aromatic carbocycles. The number of benzene rings is 1. The summed E-state index contributed by atoms with van der Waals surface area (Å²) in [7, 11) is 0. The maximum atomic E-state index is 10.5. The van der Waals surface area contributed by atoms with Crippen molar-refractivity contribution >= 4 is 6.41 Å². The van der Waals surface area contributed by atoms with E-state index in [2.05, 4.69) is 12.1 Å². The number of aryl methyl sites for hydroxylation is 1.